The summed E-state index contributed by atoms with van der Waals surface area (Å²) in [6, 6.07) is 9.04. The predicted molar refractivity (Wildman–Crippen MR) is 76.5 cm³/mol. The molecule has 1 aliphatic heterocycles. The van der Waals surface area contributed by atoms with E-state index in [4.69, 9.17) is 4.74 Å². The Labute approximate surface area is 110 Å². The molecule has 100 valence electrons. The molecule has 1 atom stereocenters. The third-order valence-electron chi connectivity index (χ3n) is 3.25. The summed E-state index contributed by atoms with van der Waals surface area (Å²) >= 11 is 0. The average Bonchev–Trinajstić information content (AvgIpc) is 2.38. The first-order valence-corrected chi connectivity index (χ1v) is 6.87. The summed E-state index contributed by atoms with van der Waals surface area (Å²) in [5, 5.41) is 3.41. The monoisotopic (exact) mass is 248 g/mol. The Kier molecular flexibility index (Phi) is 4.48. The maximum Gasteiger partial charge on any atom is 0.119 e. The minimum atomic E-state index is 0.557. The average molecular weight is 248 g/mol. The van der Waals surface area contributed by atoms with Gasteiger partial charge in [0.25, 0.3) is 0 Å². The number of rotatable bonds is 4. The topological polar surface area (TPSA) is 24.5 Å². The van der Waals surface area contributed by atoms with Crippen molar-refractivity contribution in [3.05, 3.63) is 24.3 Å². The van der Waals surface area contributed by atoms with Gasteiger partial charge >= 0.3 is 0 Å². The summed E-state index contributed by atoms with van der Waals surface area (Å²) in [4.78, 5) is 2.45. The molecule has 1 aromatic rings. The summed E-state index contributed by atoms with van der Waals surface area (Å²) in [5.41, 5.74) is 1.29. The van der Waals surface area contributed by atoms with Crippen LogP contribution >= 0.6 is 0 Å². The van der Waals surface area contributed by atoms with Gasteiger partial charge in [-0.1, -0.05) is 13.8 Å². The molecular formula is C15H24N2O. The highest BCUT2D eigenvalue weighted by molar-refractivity contribution is 5.50. The smallest absolute Gasteiger partial charge is 0.119 e. The lowest BCUT2D eigenvalue weighted by molar-refractivity contribution is 0.271. The standard InChI is InChI=1S/C15H24N2O/c1-12(2)11-18-15-6-4-14(5-7-15)17-9-8-16-10-13(17)3/h4-7,12-13,16H,8-11H2,1-3H3/t13-/m1/s1. The van der Waals surface area contributed by atoms with E-state index >= 15 is 0 Å². The molecule has 0 spiro atoms. The lowest BCUT2D eigenvalue weighted by atomic mass is 10.2. The van der Waals surface area contributed by atoms with Crippen LogP contribution in [0.5, 0.6) is 5.75 Å². The summed E-state index contributed by atoms with van der Waals surface area (Å²) in [6.45, 7) is 10.6. The van der Waals surface area contributed by atoms with E-state index in [9.17, 15) is 0 Å². The van der Waals surface area contributed by atoms with Crippen molar-refractivity contribution in [1.82, 2.24) is 5.32 Å². The Hall–Kier alpha value is -1.22. The van der Waals surface area contributed by atoms with Crippen LogP contribution in [0.2, 0.25) is 0 Å². The molecule has 1 fully saturated rings. The van der Waals surface area contributed by atoms with Gasteiger partial charge in [0.2, 0.25) is 0 Å². The molecular weight excluding hydrogens is 224 g/mol. The van der Waals surface area contributed by atoms with Crippen molar-refractivity contribution in [1.29, 1.82) is 0 Å². The minimum absolute atomic E-state index is 0.557. The van der Waals surface area contributed by atoms with Crippen molar-refractivity contribution in [2.75, 3.05) is 31.1 Å². The highest BCUT2D eigenvalue weighted by atomic mass is 16.5. The largest absolute Gasteiger partial charge is 0.493 e. The molecule has 0 saturated carbocycles. The van der Waals surface area contributed by atoms with E-state index in [1.807, 2.05) is 0 Å². The highest BCUT2D eigenvalue weighted by Gasteiger charge is 2.17. The molecule has 0 aromatic heterocycles. The van der Waals surface area contributed by atoms with Gasteiger partial charge in [-0.15, -0.1) is 0 Å². The van der Waals surface area contributed by atoms with Crippen molar-refractivity contribution in [3.8, 4) is 5.75 Å². The van der Waals surface area contributed by atoms with Gasteiger partial charge in [0.05, 0.1) is 6.61 Å². The second-order valence-electron chi connectivity index (χ2n) is 5.45. The van der Waals surface area contributed by atoms with E-state index in [2.05, 4.69) is 55.3 Å². The molecule has 0 bridgehead atoms. The van der Waals surface area contributed by atoms with Crippen molar-refractivity contribution >= 4 is 5.69 Å². The molecule has 0 amide bonds. The summed E-state index contributed by atoms with van der Waals surface area (Å²) in [6.07, 6.45) is 0. The van der Waals surface area contributed by atoms with Gasteiger partial charge in [-0.2, -0.15) is 0 Å². The Bertz CT molecular complexity index is 361. The normalized spacial score (nSPS) is 20.2. The zero-order chi connectivity index (χ0) is 13.0. The van der Waals surface area contributed by atoms with Crippen LogP contribution in [0, 0.1) is 5.92 Å². The van der Waals surface area contributed by atoms with Gasteiger partial charge in [-0.25, -0.2) is 0 Å². The van der Waals surface area contributed by atoms with Gasteiger partial charge in [0.15, 0.2) is 0 Å². The van der Waals surface area contributed by atoms with Gasteiger partial charge in [0, 0.05) is 31.4 Å². The van der Waals surface area contributed by atoms with E-state index < -0.39 is 0 Å². The molecule has 1 aromatic carbocycles. The first kappa shape index (κ1) is 13.2. The Morgan fingerprint density at radius 1 is 1.33 bits per heavy atom. The van der Waals surface area contributed by atoms with Crippen molar-refractivity contribution in [3.63, 3.8) is 0 Å². The number of anilines is 1. The second kappa shape index (κ2) is 6.10. The fourth-order valence-electron chi connectivity index (χ4n) is 2.22. The van der Waals surface area contributed by atoms with E-state index in [0.717, 1.165) is 32.0 Å². The van der Waals surface area contributed by atoms with Crippen LogP contribution in [0.3, 0.4) is 0 Å². The van der Waals surface area contributed by atoms with Crippen LogP contribution in [0.15, 0.2) is 24.3 Å². The van der Waals surface area contributed by atoms with E-state index in [-0.39, 0.29) is 0 Å². The summed E-state index contributed by atoms with van der Waals surface area (Å²) in [7, 11) is 0. The van der Waals surface area contributed by atoms with Crippen LogP contribution in [0.1, 0.15) is 20.8 Å². The number of nitrogens with zero attached hydrogens (tertiary/aromatic N) is 1. The van der Waals surface area contributed by atoms with Crippen molar-refractivity contribution in [2.45, 2.75) is 26.8 Å². The summed E-state index contributed by atoms with van der Waals surface area (Å²) < 4.78 is 5.71. The lowest BCUT2D eigenvalue weighted by Gasteiger charge is -2.36. The molecule has 1 saturated heterocycles. The second-order valence-corrected chi connectivity index (χ2v) is 5.45. The molecule has 3 heteroatoms. The zero-order valence-electron chi connectivity index (χ0n) is 11.6. The quantitative estimate of drug-likeness (QED) is 0.886. The van der Waals surface area contributed by atoms with Crippen LogP contribution in [-0.2, 0) is 0 Å². The van der Waals surface area contributed by atoms with Crippen molar-refractivity contribution < 1.29 is 4.74 Å². The Morgan fingerprint density at radius 3 is 2.67 bits per heavy atom. The first-order valence-electron chi connectivity index (χ1n) is 6.87. The third-order valence-corrected chi connectivity index (χ3v) is 3.25. The van der Waals surface area contributed by atoms with Gasteiger partial charge in [0.1, 0.15) is 5.75 Å². The Balaban J connectivity index is 1.98. The van der Waals surface area contributed by atoms with Gasteiger partial charge < -0.3 is 15.0 Å². The third kappa shape index (κ3) is 3.39. The number of hydrogen-bond acceptors (Lipinski definition) is 3. The van der Waals surface area contributed by atoms with Crippen LogP contribution in [-0.4, -0.2) is 32.3 Å². The minimum Gasteiger partial charge on any atom is -0.493 e. The molecule has 0 radical (unpaired) electrons. The molecule has 0 aliphatic carbocycles. The maximum absolute atomic E-state index is 5.71. The number of nitrogens with one attached hydrogen (secondary N) is 1. The molecule has 0 unspecified atom stereocenters. The Morgan fingerprint density at radius 2 is 2.06 bits per heavy atom. The number of ether oxygens (including phenoxy) is 1. The number of hydrogen-bond donors (Lipinski definition) is 1. The highest BCUT2D eigenvalue weighted by Crippen LogP contribution is 2.22. The first-order chi connectivity index (χ1) is 8.66. The van der Waals surface area contributed by atoms with Gasteiger partial charge in [-0.05, 0) is 37.1 Å². The molecule has 3 nitrogen and oxygen atoms in total. The molecule has 18 heavy (non-hydrogen) atoms. The molecule has 1 aliphatic rings. The summed E-state index contributed by atoms with van der Waals surface area (Å²) in [5.74, 6) is 1.54. The predicted octanol–water partition coefficient (Wildman–Crippen LogP) is 2.52. The molecule has 1 heterocycles. The zero-order valence-corrected chi connectivity index (χ0v) is 11.6. The number of benzene rings is 1. The van der Waals surface area contributed by atoms with E-state index in [1.165, 1.54) is 5.69 Å². The van der Waals surface area contributed by atoms with Crippen LogP contribution in [0.25, 0.3) is 0 Å². The number of piperazine rings is 1. The molecule has 2 rings (SSSR count). The fraction of sp³-hybridized carbons (Fsp3) is 0.600. The maximum atomic E-state index is 5.71. The SMILES string of the molecule is CC(C)COc1ccc(N2CCNC[C@H]2C)cc1. The van der Waals surface area contributed by atoms with Gasteiger partial charge in [-0.3, -0.25) is 0 Å². The van der Waals surface area contributed by atoms with E-state index in [1.54, 1.807) is 0 Å². The lowest BCUT2D eigenvalue weighted by Crippen LogP contribution is -2.49. The molecule has 1 N–H and O–H groups in total. The van der Waals surface area contributed by atoms with Crippen LogP contribution in [0.4, 0.5) is 5.69 Å². The van der Waals surface area contributed by atoms with Crippen LogP contribution < -0.4 is 15.0 Å². The fourth-order valence-corrected chi connectivity index (χ4v) is 2.22. The van der Waals surface area contributed by atoms with E-state index in [0.29, 0.717) is 12.0 Å². The van der Waals surface area contributed by atoms with Crippen molar-refractivity contribution in [2.24, 2.45) is 5.92 Å².